The topological polar surface area (TPSA) is 45.2 Å². The number of hydrogen-bond donors (Lipinski definition) is 0. The quantitative estimate of drug-likeness (QED) is 0.329. The van der Waals surface area contributed by atoms with Crippen LogP contribution in [0.4, 0.5) is 0 Å². The van der Waals surface area contributed by atoms with E-state index in [2.05, 4.69) is 72.2 Å². The highest BCUT2D eigenvalue weighted by Crippen LogP contribution is 2.35. The molecule has 0 aliphatic carbocycles. The number of nitrogens with zero attached hydrogens (tertiary/aromatic N) is 3. The third kappa shape index (κ3) is 6.63. The van der Waals surface area contributed by atoms with Crippen LogP contribution in [0.25, 0.3) is 0 Å². The molecule has 1 heterocycles. The number of hydrogen-bond acceptors (Lipinski definition) is 5. The summed E-state index contributed by atoms with van der Waals surface area (Å²) < 4.78 is 11.1. The monoisotopic (exact) mass is 529 g/mol. The second-order valence-electron chi connectivity index (χ2n) is 10.5. The van der Waals surface area contributed by atoms with Gasteiger partial charge in [-0.15, -0.1) is 0 Å². The zero-order chi connectivity index (χ0) is 27.9. The zero-order valence-electron chi connectivity index (χ0n) is 24.3. The molecule has 1 aliphatic rings. The van der Waals surface area contributed by atoms with Gasteiger partial charge in [0.05, 0.1) is 20.3 Å². The summed E-state index contributed by atoms with van der Waals surface area (Å²) in [5.41, 5.74) is 4.29. The van der Waals surface area contributed by atoms with Crippen LogP contribution in [0.15, 0.2) is 72.8 Å². The summed E-state index contributed by atoms with van der Waals surface area (Å²) in [4.78, 5) is 20.3. The summed E-state index contributed by atoms with van der Waals surface area (Å²) >= 11 is 0. The average molecular weight is 530 g/mol. The lowest BCUT2D eigenvalue weighted by Gasteiger charge is -2.48. The predicted octanol–water partition coefficient (Wildman–Crippen LogP) is 5.87. The number of benzene rings is 3. The zero-order valence-corrected chi connectivity index (χ0v) is 24.3. The lowest BCUT2D eigenvalue weighted by molar-refractivity contribution is 0.0194. The van der Waals surface area contributed by atoms with Gasteiger partial charge in [0.25, 0.3) is 5.91 Å². The largest absolute Gasteiger partial charge is 0.497 e. The Morgan fingerprint density at radius 1 is 0.846 bits per heavy atom. The van der Waals surface area contributed by atoms with Crippen molar-refractivity contribution in [1.29, 1.82) is 0 Å². The van der Waals surface area contributed by atoms with Gasteiger partial charge in [0.2, 0.25) is 0 Å². The lowest BCUT2D eigenvalue weighted by Crippen LogP contribution is -2.56. The van der Waals surface area contributed by atoms with E-state index in [-0.39, 0.29) is 11.9 Å². The molecule has 208 valence electrons. The number of amides is 1. The summed E-state index contributed by atoms with van der Waals surface area (Å²) in [6.07, 6.45) is 0. The third-order valence-corrected chi connectivity index (χ3v) is 7.92. The molecule has 0 N–H and O–H groups in total. The molecule has 0 radical (unpaired) electrons. The molecule has 1 amide bonds. The molecule has 6 heteroatoms. The van der Waals surface area contributed by atoms with Crippen LogP contribution in [0, 0.1) is 0 Å². The molecule has 0 bridgehead atoms. The summed E-state index contributed by atoms with van der Waals surface area (Å²) in [5, 5.41) is 0. The molecule has 4 rings (SSSR count). The molecule has 39 heavy (non-hydrogen) atoms. The Morgan fingerprint density at radius 3 is 2.13 bits per heavy atom. The van der Waals surface area contributed by atoms with Crippen LogP contribution in [0.1, 0.15) is 60.8 Å². The van der Waals surface area contributed by atoms with E-state index in [1.54, 1.807) is 14.2 Å². The second-order valence-corrected chi connectivity index (χ2v) is 10.5. The lowest BCUT2D eigenvalue weighted by atomic mass is 9.92. The fourth-order valence-corrected chi connectivity index (χ4v) is 5.73. The molecule has 6 nitrogen and oxygen atoms in total. The minimum Gasteiger partial charge on any atom is -0.497 e. The molecule has 1 aliphatic heterocycles. The van der Waals surface area contributed by atoms with Gasteiger partial charge in [-0.1, -0.05) is 36.4 Å². The van der Waals surface area contributed by atoms with Crippen LogP contribution < -0.4 is 9.47 Å². The van der Waals surface area contributed by atoms with Gasteiger partial charge in [-0.3, -0.25) is 14.6 Å². The van der Waals surface area contributed by atoms with Gasteiger partial charge in [0.1, 0.15) is 11.5 Å². The summed E-state index contributed by atoms with van der Waals surface area (Å²) in [6, 6.07) is 25.5. The number of piperazine rings is 1. The van der Waals surface area contributed by atoms with Crippen LogP contribution in [0.5, 0.6) is 11.5 Å². The van der Waals surface area contributed by atoms with Crippen LogP contribution >= 0.6 is 0 Å². The normalized spacial score (nSPS) is 18.9. The maximum atomic E-state index is 13.3. The molecule has 0 saturated carbocycles. The molecular weight excluding hydrogens is 486 g/mol. The Morgan fingerprint density at radius 2 is 1.46 bits per heavy atom. The highest BCUT2D eigenvalue weighted by molar-refractivity contribution is 5.94. The first kappa shape index (κ1) is 28.7. The van der Waals surface area contributed by atoms with Crippen LogP contribution in [-0.2, 0) is 6.54 Å². The number of carbonyl (C=O) groups is 1. The Kier molecular flexibility index (Phi) is 9.65. The first-order valence-electron chi connectivity index (χ1n) is 14.0. The molecule has 1 unspecified atom stereocenters. The fourth-order valence-electron chi connectivity index (χ4n) is 5.73. The first-order chi connectivity index (χ1) is 18.9. The molecular formula is C33H43N3O3. The number of methoxy groups -OCH3 is 2. The molecule has 1 saturated heterocycles. The molecule has 3 aromatic carbocycles. The van der Waals surface area contributed by atoms with Crippen molar-refractivity contribution in [2.24, 2.45) is 0 Å². The van der Waals surface area contributed by atoms with Crippen molar-refractivity contribution >= 4 is 5.91 Å². The van der Waals surface area contributed by atoms with Gasteiger partial charge < -0.3 is 14.4 Å². The van der Waals surface area contributed by atoms with Gasteiger partial charge in [-0.05, 0) is 80.8 Å². The highest BCUT2D eigenvalue weighted by atomic mass is 16.5. The number of carbonyl (C=O) groups excluding carboxylic acids is 1. The molecule has 0 spiro atoms. The Labute approximate surface area is 234 Å². The number of ether oxygens (including phenoxy) is 2. The Hall–Kier alpha value is -3.35. The Bertz CT molecular complexity index is 1240. The van der Waals surface area contributed by atoms with Crippen molar-refractivity contribution in [3.8, 4) is 11.5 Å². The van der Waals surface area contributed by atoms with Crippen LogP contribution in [-0.4, -0.2) is 73.1 Å². The van der Waals surface area contributed by atoms with Gasteiger partial charge in [-0.25, -0.2) is 0 Å². The third-order valence-electron chi connectivity index (χ3n) is 7.92. The maximum absolute atomic E-state index is 13.3. The number of rotatable bonds is 10. The van der Waals surface area contributed by atoms with Crippen molar-refractivity contribution in [3.63, 3.8) is 0 Å². The van der Waals surface area contributed by atoms with E-state index in [4.69, 9.17) is 9.47 Å². The van der Waals surface area contributed by atoms with Gasteiger partial charge in [0.15, 0.2) is 0 Å². The minimum absolute atomic E-state index is 0.000900. The summed E-state index contributed by atoms with van der Waals surface area (Å²) in [7, 11) is 3.42. The van der Waals surface area contributed by atoms with Crippen LogP contribution in [0.2, 0.25) is 0 Å². The van der Waals surface area contributed by atoms with E-state index in [1.165, 1.54) is 11.1 Å². The van der Waals surface area contributed by atoms with Crippen molar-refractivity contribution in [2.75, 3.05) is 40.4 Å². The summed E-state index contributed by atoms with van der Waals surface area (Å²) in [6.45, 7) is 12.8. The maximum Gasteiger partial charge on any atom is 0.253 e. The minimum atomic E-state index is 0.000900. The molecule has 1 fully saturated rings. The predicted molar refractivity (Wildman–Crippen MR) is 158 cm³/mol. The van der Waals surface area contributed by atoms with Gasteiger partial charge >= 0.3 is 0 Å². The van der Waals surface area contributed by atoms with Crippen molar-refractivity contribution in [1.82, 2.24) is 14.7 Å². The SMILES string of the molecule is CCN(CC)C(=O)c1cccc(C(c2cccc(OC)c2)N2C[C@@H](C)N(Cc3cccc(OC)c3)C[C@@H]2C)c1. The van der Waals surface area contributed by atoms with Gasteiger partial charge in [-0.2, -0.15) is 0 Å². The molecule has 0 aromatic heterocycles. The fraction of sp³-hybridized carbons (Fsp3) is 0.424. The van der Waals surface area contributed by atoms with E-state index in [9.17, 15) is 4.79 Å². The van der Waals surface area contributed by atoms with Crippen molar-refractivity contribution in [2.45, 2.75) is 52.4 Å². The van der Waals surface area contributed by atoms with E-state index in [0.717, 1.165) is 42.3 Å². The Balaban J connectivity index is 1.66. The van der Waals surface area contributed by atoms with E-state index < -0.39 is 0 Å². The average Bonchev–Trinajstić information content (AvgIpc) is 2.96. The van der Waals surface area contributed by atoms with Crippen molar-refractivity contribution in [3.05, 3.63) is 95.1 Å². The smallest absolute Gasteiger partial charge is 0.253 e. The highest BCUT2D eigenvalue weighted by Gasteiger charge is 2.35. The van der Waals surface area contributed by atoms with E-state index in [1.807, 2.05) is 43.0 Å². The first-order valence-corrected chi connectivity index (χ1v) is 14.0. The molecule has 3 atom stereocenters. The molecule has 3 aromatic rings. The standard InChI is InChI=1S/C33H43N3O3/c1-7-34(8-2)33(37)29-15-10-13-27(19-29)32(28-14-11-17-31(20-28)39-6)36-22-24(3)35(21-25(36)4)23-26-12-9-16-30(18-26)38-5/h9-20,24-25,32H,7-8,21-23H2,1-6H3/t24-,25+,32?/m1/s1. The van der Waals surface area contributed by atoms with Crippen molar-refractivity contribution < 1.29 is 14.3 Å². The van der Waals surface area contributed by atoms with Crippen LogP contribution in [0.3, 0.4) is 0 Å². The van der Waals surface area contributed by atoms with Gasteiger partial charge in [0, 0.05) is 50.4 Å². The second kappa shape index (κ2) is 13.1. The summed E-state index contributed by atoms with van der Waals surface area (Å²) in [5.74, 6) is 1.81. The van der Waals surface area contributed by atoms with E-state index in [0.29, 0.717) is 25.2 Å². The van der Waals surface area contributed by atoms with E-state index >= 15 is 0 Å².